The number of aryl methyl sites for hydroxylation is 4. The van der Waals surface area contributed by atoms with Crippen LogP contribution in [0, 0.1) is 13.8 Å². The number of nitrogens with two attached hydrogens (primary N) is 1. The Morgan fingerprint density at radius 1 is 0.698 bits per heavy atom. The summed E-state index contributed by atoms with van der Waals surface area (Å²) in [7, 11) is -4.48. The number of sulfonamides is 2. The number of aromatic nitrogens is 10. The monoisotopic (exact) mass is 1070 g/mol. The molecule has 340 valence electrons. The fourth-order valence-corrected chi connectivity index (χ4v) is 9.81. The van der Waals surface area contributed by atoms with Gasteiger partial charge in [0.2, 0.25) is 10.0 Å². The molecule has 4 N–H and O–H groups in total. The molecule has 6 heterocycles. The molecule has 6 aromatic rings. The molecule has 0 unspecified atom stereocenters. The van der Waals surface area contributed by atoms with Crippen LogP contribution in [0.2, 0.25) is 44.8 Å². The number of aromatic carboxylic acids is 1. The number of hydrogen-bond acceptors (Lipinski definition) is 14. The number of carboxylic acid groups (broad SMARTS) is 1. The van der Waals surface area contributed by atoms with Crippen LogP contribution in [0.25, 0.3) is 11.6 Å². The van der Waals surface area contributed by atoms with Gasteiger partial charge in [0, 0.05) is 26.5 Å². The van der Waals surface area contributed by atoms with Gasteiger partial charge in [0.1, 0.15) is 9.79 Å². The van der Waals surface area contributed by atoms with Crippen molar-refractivity contribution in [3.63, 3.8) is 0 Å². The van der Waals surface area contributed by atoms with Gasteiger partial charge >= 0.3 is 269 Å². The number of hydrogen-bond donors (Lipinski definition) is 3. The average molecular weight is 1070 g/mol. The third kappa shape index (κ3) is 14.9. The van der Waals surface area contributed by atoms with Gasteiger partial charge in [-0.1, -0.05) is 0 Å². The quantitative estimate of drug-likeness (QED) is 0.105. The molecule has 0 bridgehead atoms. The number of ether oxygens (including phenoxy) is 2. The van der Waals surface area contributed by atoms with E-state index in [1.165, 1.54) is 56.2 Å². The number of nitrogens with zero attached hydrogens (tertiary/aromatic N) is 10. The molecule has 0 aliphatic heterocycles. The Labute approximate surface area is 379 Å². The van der Waals surface area contributed by atoms with Gasteiger partial charge in [-0.05, 0) is 13.8 Å². The van der Waals surface area contributed by atoms with Gasteiger partial charge in [-0.2, -0.15) is 10.2 Å². The van der Waals surface area contributed by atoms with Crippen molar-refractivity contribution in [2.45, 2.75) is 58.2 Å². The van der Waals surface area contributed by atoms with Gasteiger partial charge in [-0.25, -0.2) is 22.0 Å². The van der Waals surface area contributed by atoms with Crippen LogP contribution in [0.4, 0.5) is 0 Å². The summed E-state index contributed by atoms with van der Waals surface area (Å²) in [6.07, 6.45) is 6.06. The van der Waals surface area contributed by atoms with Gasteiger partial charge in [0.05, 0.1) is 11.4 Å². The molecule has 0 aromatic carbocycles. The van der Waals surface area contributed by atoms with Crippen LogP contribution in [-0.2, 0) is 34.1 Å². The average Bonchev–Trinajstić information content (AvgIpc) is 3.96. The zero-order valence-electron chi connectivity index (χ0n) is 36.0. The van der Waals surface area contributed by atoms with E-state index < -0.39 is 58.5 Å². The Balaban J connectivity index is 0.000000233. The molecular formula is C36H48Cl2Ge2N12O9S2. The fourth-order valence-electron chi connectivity index (χ4n) is 4.97. The van der Waals surface area contributed by atoms with Crippen LogP contribution in [0.5, 0.6) is 11.8 Å². The van der Waals surface area contributed by atoms with Crippen molar-refractivity contribution in [3.05, 3.63) is 94.0 Å². The van der Waals surface area contributed by atoms with Crippen molar-refractivity contribution in [3.8, 4) is 23.4 Å². The molecular weight excluding hydrogens is 1020 g/mol. The van der Waals surface area contributed by atoms with Crippen molar-refractivity contribution in [1.82, 2.24) is 53.8 Å². The first kappa shape index (κ1) is 50.8. The Kier molecular flexibility index (Phi) is 16.4. The Bertz CT molecular complexity index is 2830. The van der Waals surface area contributed by atoms with E-state index in [0.29, 0.717) is 34.5 Å². The van der Waals surface area contributed by atoms with Crippen LogP contribution in [0.1, 0.15) is 32.1 Å². The van der Waals surface area contributed by atoms with Crippen molar-refractivity contribution in [2.75, 3.05) is 10.9 Å². The van der Waals surface area contributed by atoms with Gasteiger partial charge in [-0.3, -0.25) is 9.36 Å². The molecule has 0 fully saturated rings. The molecule has 6 rings (SSSR count). The van der Waals surface area contributed by atoms with Crippen molar-refractivity contribution >= 4 is 81.7 Å². The van der Waals surface area contributed by atoms with E-state index in [2.05, 4.69) is 64.9 Å². The number of amides is 1. The van der Waals surface area contributed by atoms with E-state index in [1.807, 2.05) is 4.72 Å². The summed E-state index contributed by atoms with van der Waals surface area (Å²) >= 11 is 8.35. The summed E-state index contributed by atoms with van der Waals surface area (Å²) in [5.74, 6) is 13.3. The zero-order valence-corrected chi connectivity index (χ0v) is 43.4. The Morgan fingerprint density at radius 3 is 1.44 bits per heavy atom. The SMILES string of the molecule is Cc1nn(C)cc1S(=O)(=O)NC(=O)c1ccc(-n2ccc(O[CH2][Ge]([CH3])([CH3])[CH3])n2)nc1Cl.Cc1nn(C)cc1S(N)(=O)=O.[CH3][Ge]([CH3])([CH3])[CH2]Oc1ccn(-c2ccc(C(=O)O)c(Cl)n2)n1. The summed E-state index contributed by atoms with van der Waals surface area (Å²) in [5.41, 5.74) is 1.98. The number of carbonyl (C=O) groups is 2. The summed E-state index contributed by atoms with van der Waals surface area (Å²) in [5, 5.41) is 30.0. The molecule has 0 saturated heterocycles. The second-order valence-electron chi connectivity index (χ2n) is 16.2. The van der Waals surface area contributed by atoms with Gasteiger partial charge in [-0.15, -0.1) is 0 Å². The molecule has 1 amide bonds. The van der Waals surface area contributed by atoms with Crippen LogP contribution in [0.3, 0.4) is 0 Å². The number of pyridine rings is 2. The Hall–Kier alpha value is -4.79. The molecule has 0 saturated carbocycles. The fraction of sp³-hybridized carbons (Fsp3) is 0.333. The normalized spacial score (nSPS) is 11.8. The molecule has 0 radical (unpaired) electrons. The maximum atomic E-state index is 12.5. The second-order valence-corrected chi connectivity index (χ2v) is 42.8. The summed E-state index contributed by atoms with van der Waals surface area (Å²) in [6.45, 7) is 3.13. The number of carbonyl (C=O) groups excluding carboxylic acids is 1. The number of carboxylic acids is 1. The van der Waals surface area contributed by atoms with Crippen LogP contribution in [-0.4, -0.2) is 120 Å². The first-order chi connectivity index (χ1) is 29.0. The van der Waals surface area contributed by atoms with Gasteiger partial charge in [0.15, 0.2) is 0 Å². The first-order valence-corrected chi connectivity index (χ1v) is 37.9. The van der Waals surface area contributed by atoms with E-state index in [9.17, 15) is 26.4 Å². The molecule has 21 nitrogen and oxygen atoms in total. The third-order valence-corrected chi connectivity index (χ3v) is 15.1. The van der Waals surface area contributed by atoms with E-state index in [4.69, 9.17) is 42.9 Å². The zero-order chi connectivity index (χ0) is 47.2. The molecule has 0 spiro atoms. The van der Waals surface area contributed by atoms with E-state index in [-0.39, 0.29) is 36.9 Å². The van der Waals surface area contributed by atoms with Gasteiger partial charge < -0.3 is 0 Å². The van der Waals surface area contributed by atoms with Crippen LogP contribution in [0.15, 0.2) is 71.0 Å². The standard InChI is InChI=1S/C18H23ClGeN6O4S.C13H16ClGeN3O3.C5H9N3O2S/c1-12-14(10-25(5)22-12)31(28,29)24-18(27)13-6-7-15(21-17(13)19)26-9-8-16(23-26)30-11-20(2,3)4;1-15(2,3)8-21-11-6-7-18(17-11)10-5-4-9(13(19)20)12(14)16-10;1-4-5(11(6,9)10)3-8(2)7-4/h6-10H,11H2,1-5H3,(H,24,27);4-7H,8H2,1-3H3,(H,19,20);3H,1-2H3,(H2,6,9,10). The summed E-state index contributed by atoms with van der Waals surface area (Å²) < 4.78 is 65.7. The van der Waals surface area contributed by atoms with Crippen LogP contribution < -0.4 is 19.3 Å². The van der Waals surface area contributed by atoms with Crippen molar-refractivity contribution in [1.29, 1.82) is 0 Å². The maximum absolute atomic E-state index is 12.5. The summed E-state index contributed by atoms with van der Waals surface area (Å²) in [4.78, 5) is 31.6. The Morgan fingerprint density at radius 2 is 1.11 bits per heavy atom. The van der Waals surface area contributed by atoms with E-state index >= 15 is 0 Å². The molecule has 0 atom stereocenters. The number of primary sulfonamides is 1. The van der Waals surface area contributed by atoms with E-state index in [1.54, 1.807) is 51.6 Å². The summed E-state index contributed by atoms with van der Waals surface area (Å²) in [6, 6.07) is 9.31. The van der Waals surface area contributed by atoms with Gasteiger partial charge in [0.25, 0.3) is 0 Å². The molecule has 63 heavy (non-hydrogen) atoms. The van der Waals surface area contributed by atoms with Crippen molar-refractivity contribution in [2.24, 2.45) is 19.2 Å². The molecule has 0 aliphatic rings. The third-order valence-electron chi connectivity index (χ3n) is 7.81. The predicted molar refractivity (Wildman–Crippen MR) is 239 cm³/mol. The second kappa shape index (κ2) is 20.4. The number of nitrogens with one attached hydrogen (secondary N) is 1. The minimum atomic E-state index is -4.11. The predicted octanol–water partition coefficient (Wildman–Crippen LogP) is 4.59. The molecule has 27 heteroatoms. The minimum absolute atomic E-state index is 0.0371. The van der Waals surface area contributed by atoms with Crippen molar-refractivity contribution < 1.29 is 41.0 Å². The number of halogens is 2. The molecule has 6 aromatic heterocycles. The first-order valence-electron chi connectivity index (χ1n) is 18.6. The van der Waals surface area contributed by atoms with Crippen LogP contribution >= 0.6 is 23.2 Å². The molecule has 0 aliphatic carbocycles. The van der Waals surface area contributed by atoms with E-state index in [0.717, 1.165) is 5.44 Å². The number of rotatable bonds is 13. The topological polar surface area (TPSA) is 276 Å².